The summed E-state index contributed by atoms with van der Waals surface area (Å²) < 4.78 is 8.12. The van der Waals surface area contributed by atoms with E-state index in [1.807, 2.05) is 33.8 Å². The zero-order valence-corrected chi connectivity index (χ0v) is 18.0. The number of hydrogen-bond donors (Lipinski definition) is 1. The minimum atomic E-state index is -0.535. The van der Waals surface area contributed by atoms with Crippen molar-refractivity contribution in [1.29, 1.82) is 0 Å². The van der Waals surface area contributed by atoms with Gasteiger partial charge in [0.2, 0.25) is 0 Å². The topological polar surface area (TPSA) is 128 Å². The SMILES string of the molecule is CCOC(=O)c1cnn(-c2ccccn2)c1/N=N/c1c(C(C)(C)C)nn2nc(C)[nH]c12. The van der Waals surface area contributed by atoms with E-state index in [-0.39, 0.29) is 23.4 Å². The summed E-state index contributed by atoms with van der Waals surface area (Å²) in [4.78, 5) is 19.9. The number of carbonyl (C=O) groups is 1. The molecule has 160 valence electrons. The fraction of sp³-hybridized carbons (Fsp3) is 0.350. The van der Waals surface area contributed by atoms with Gasteiger partial charge < -0.3 is 9.72 Å². The van der Waals surface area contributed by atoms with Crippen LogP contribution in [-0.2, 0) is 10.2 Å². The monoisotopic (exact) mass is 421 g/mol. The Balaban J connectivity index is 1.87. The quantitative estimate of drug-likeness (QED) is 0.385. The molecule has 0 atom stereocenters. The van der Waals surface area contributed by atoms with Crippen molar-refractivity contribution in [3.63, 3.8) is 0 Å². The van der Waals surface area contributed by atoms with Crippen molar-refractivity contribution in [1.82, 2.24) is 34.6 Å². The molecule has 4 aromatic heterocycles. The molecular formula is C20H23N9O2. The molecule has 0 spiro atoms. The predicted octanol–water partition coefficient (Wildman–Crippen LogP) is 3.84. The van der Waals surface area contributed by atoms with Crippen LogP contribution >= 0.6 is 0 Å². The third-order valence-electron chi connectivity index (χ3n) is 4.45. The molecule has 4 rings (SSSR count). The number of esters is 1. The summed E-state index contributed by atoms with van der Waals surface area (Å²) in [7, 11) is 0. The average molecular weight is 421 g/mol. The second-order valence-corrected chi connectivity index (χ2v) is 7.90. The molecule has 4 heterocycles. The largest absolute Gasteiger partial charge is 0.462 e. The van der Waals surface area contributed by atoms with Crippen LogP contribution in [0, 0.1) is 6.92 Å². The Morgan fingerprint density at radius 3 is 2.71 bits per heavy atom. The first-order valence-electron chi connectivity index (χ1n) is 9.84. The van der Waals surface area contributed by atoms with E-state index in [1.54, 1.807) is 25.3 Å². The van der Waals surface area contributed by atoms with E-state index in [2.05, 4.69) is 35.5 Å². The van der Waals surface area contributed by atoms with E-state index >= 15 is 0 Å². The maximum Gasteiger partial charge on any atom is 0.343 e. The minimum absolute atomic E-state index is 0.192. The molecule has 0 unspecified atom stereocenters. The van der Waals surface area contributed by atoms with Gasteiger partial charge in [-0.2, -0.15) is 14.9 Å². The van der Waals surface area contributed by atoms with Crippen molar-refractivity contribution in [2.45, 2.75) is 40.0 Å². The third kappa shape index (κ3) is 3.81. The van der Waals surface area contributed by atoms with Gasteiger partial charge in [-0.3, -0.25) is 0 Å². The number of azo groups is 1. The van der Waals surface area contributed by atoms with Crippen molar-refractivity contribution in [3.8, 4) is 5.82 Å². The van der Waals surface area contributed by atoms with Gasteiger partial charge in [-0.15, -0.1) is 20.0 Å². The highest BCUT2D eigenvalue weighted by atomic mass is 16.5. The highest BCUT2D eigenvalue weighted by Crippen LogP contribution is 2.35. The standard InChI is InChI=1S/C20H23N9O2/c1-6-31-19(30)13-11-22-28(14-9-7-8-10-21-14)17(13)25-24-15-16(20(3,4)5)27-29-18(15)23-12(2)26-29/h7-11H,6H2,1-5H3,(H,23,26)/b25-24+. The molecule has 0 bridgehead atoms. The van der Waals surface area contributed by atoms with Crippen LogP contribution in [0.15, 0.2) is 40.8 Å². The Hall–Kier alpha value is -3.89. The first kappa shape index (κ1) is 20.4. The summed E-state index contributed by atoms with van der Waals surface area (Å²) in [6, 6.07) is 5.37. The molecule has 0 saturated carbocycles. The molecule has 0 aromatic carbocycles. The summed E-state index contributed by atoms with van der Waals surface area (Å²) in [5.74, 6) is 0.880. The number of carbonyl (C=O) groups excluding carboxylic acids is 1. The molecule has 11 nitrogen and oxygen atoms in total. The van der Waals surface area contributed by atoms with Crippen LogP contribution < -0.4 is 0 Å². The van der Waals surface area contributed by atoms with Crippen LogP contribution in [-0.4, -0.2) is 47.2 Å². The van der Waals surface area contributed by atoms with E-state index in [4.69, 9.17) is 4.74 Å². The molecule has 0 aliphatic heterocycles. The Kier molecular flexibility index (Phi) is 5.09. The van der Waals surface area contributed by atoms with Gasteiger partial charge in [0, 0.05) is 11.6 Å². The Morgan fingerprint density at radius 2 is 2.03 bits per heavy atom. The summed E-state index contributed by atoms with van der Waals surface area (Å²) in [6.45, 7) is 9.90. The fourth-order valence-electron chi connectivity index (χ4n) is 3.05. The van der Waals surface area contributed by atoms with Crippen molar-refractivity contribution >= 4 is 23.1 Å². The van der Waals surface area contributed by atoms with Crippen molar-refractivity contribution in [2.24, 2.45) is 10.2 Å². The lowest BCUT2D eigenvalue weighted by atomic mass is 9.91. The van der Waals surface area contributed by atoms with Gasteiger partial charge in [-0.25, -0.2) is 9.78 Å². The minimum Gasteiger partial charge on any atom is -0.462 e. The van der Waals surface area contributed by atoms with E-state index < -0.39 is 5.97 Å². The lowest BCUT2D eigenvalue weighted by Crippen LogP contribution is -2.12. The molecule has 0 radical (unpaired) electrons. The molecule has 0 aliphatic rings. The molecule has 0 fully saturated rings. The Bertz CT molecular complexity index is 1260. The number of rotatable bonds is 5. The number of nitrogens with zero attached hydrogens (tertiary/aromatic N) is 8. The highest BCUT2D eigenvalue weighted by molar-refractivity contribution is 5.94. The Morgan fingerprint density at radius 1 is 1.23 bits per heavy atom. The molecular weight excluding hydrogens is 398 g/mol. The van der Waals surface area contributed by atoms with Crippen molar-refractivity contribution < 1.29 is 9.53 Å². The first-order valence-corrected chi connectivity index (χ1v) is 9.84. The van der Waals surface area contributed by atoms with Gasteiger partial charge in [-0.1, -0.05) is 26.8 Å². The normalized spacial score (nSPS) is 12.2. The van der Waals surface area contributed by atoms with Gasteiger partial charge in [0.05, 0.1) is 18.5 Å². The number of fused-ring (bicyclic) bond motifs is 1. The van der Waals surface area contributed by atoms with Gasteiger partial charge >= 0.3 is 5.97 Å². The van der Waals surface area contributed by atoms with Crippen LogP contribution in [0.2, 0.25) is 0 Å². The van der Waals surface area contributed by atoms with Crippen LogP contribution in [0.5, 0.6) is 0 Å². The first-order chi connectivity index (χ1) is 14.8. The number of aryl methyl sites for hydroxylation is 1. The van der Waals surface area contributed by atoms with E-state index in [1.165, 1.54) is 15.5 Å². The molecule has 4 aromatic rings. The zero-order valence-electron chi connectivity index (χ0n) is 18.0. The maximum atomic E-state index is 12.5. The third-order valence-corrected chi connectivity index (χ3v) is 4.45. The molecule has 1 N–H and O–H groups in total. The Labute approximate surface area is 178 Å². The number of hydrogen-bond acceptors (Lipinski definition) is 8. The fourth-order valence-corrected chi connectivity index (χ4v) is 3.05. The molecule has 31 heavy (non-hydrogen) atoms. The number of aromatic nitrogens is 7. The van der Waals surface area contributed by atoms with Gasteiger partial charge in [0.1, 0.15) is 11.4 Å². The van der Waals surface area contributed by atoms with E-state index in [9.17, 15) is 4.79 Å². The van der Waals surface area contributed by atoms with Crippen molar-refractivity contribution in [2.75, 3.05) is 6.61 Å². The zero-order chi connectivity index (χ0) is 22.2. The number of aromatic amines is 1. The van der Waals surface area contributed by atoms with Gasteiger partial charge in [0.25, 0.3) is 0 Å². The second kappa shape index (κ2) is 7.74. The van der Waals surface area contributed by atoms with Crippen LogP contribution in [0.25, 0.3) is 11.5 Å². The number of H-pyrrole nitrogens is 1. The summed E-state index contributed by atoms with van der Waals surface area (Å²) >= 11 is 0. The number of nitrogens with one attached hydrogen (secondary N) is 1. The lowest BCUT2D eigenvalue weighted by Gasteiger charge is -2.15. The van der Waals surface area contributed by atoms with Gasteiger partial charge in [-0.05, 0) is 26.0 Å². The van der Waals surface area contributed by atoms with Crippen LogP contribution in [0.4, 0.5) is 11.5 Å². The molecule has 11 heteroatoms. The summed E-state index contributed by atoms with van der Waals surface area (Å²) in [5, 5.41) is 22.1. The molecule has 0 aliphatic carbocycles. The van der Waals surface area contributed by atoms with Crippen LogP contribution in [0.1, 0.15) is 49.6 Å². The molecule has 0 amide bonds. The van der Waals surface area contributed by atoms with E-state index in [0.29, 0.717) is 23.0 Å². The second-order valence-electron chi connectivity index (χ2n) is 7.90. The van der Waals surface area contributed by atoms with Gasteiger partial charge in [0.15, 0.2) is 23.0 Å². The maximum absolute atomic E-state index is 12.5. The summed E-state index contributed by atoms with van der Waals surface area (Å²) in [5.41, 5.74) is 1.76. The smallest absolute Gasteiger partial charge is 0.343 e. The number of pyridine rings is 1. The highest BCUT2D eigenvalue weighted by Gasteiger charge is 2.27. The van der Waals surface area contributed by atoms with E-state index in [0.717, 1.165) is 5.69 Å². The number of ether oxygens (including phenoxy) is 1. The average Bonchev–Trinajstić information content (AvgIpc) is 3.39. The van der Waals surface area contributed by atoms with Crippen molar-refractivity contribution in [3.05, 3.63) is 47.7 Å². The molecule has 0 saturated heterocycles. The predicted molar refractivity (Wildman–Crippen MR) is 112 cm³/mol. The summed E-state index contributed by atoms with van der Waals surface area (Å²) in [6.07, 6.45) is 3.04. The lowest BCUT2D eigenvalue weighted by molar-refractivity contribution is 0.0527. The van der Waals surface area contributed by atoms with Crippen LogP contribution in [0.3, 0.4) is 0 Å².